The normalized spacial score (nSPS) is 14.0. The van der Waals surface area contributed by atoms with Crippen molar-refractivity contribution in [2.45, 2.75) is 6.04 Å². The van der Waals surface area contributed by atoms with Crippen LogP contribution in [0.3, 0.4) is 0 Å². The number of benzene rings is 1. The first-order valence-electron chi connectivity index (χ1n) is 13.3. The number of aryl methyl sites for hydroxylation is 1. The van der Waals surface area contributed by atoms with Crippen LogP contribution in [0.25, 0.3) is 28.0 Å². The molecule has 43 heavy (non-hydrogen) atoms. The summed E-state index contributed by atoms with van der Waals surface area (Å²) in [4.78, 5) is 37.8. The molecule has 1 atom stereocenters. The maximum absolute atomic E-state index is 13.4. The van der Waals surface area contributed by atoms with E-state index in [0.717, 1.165) is 5.56 Å². The van der Waals surface area contributed by atoms with E-state index in [1.807, 2.05) is 30.3 Å². The second-order valence-electron chi connectivity index (χ2n) is 9.99. The number of carboxylic acid groups (broad SMARTS) is 1. The van der Waals surface area contributed by atoms with Crippen LogP contribution in [0.1, 0.15) is 17.2 Å². The standard InChI is InChI=1S/C29H25FN10O3/c1-37-16-21(15-33-37)23-17-40-27(20(12-31)14-34-40)25(35-23)19-4-7-24(32-13-19)38-8-10-39(11-9-38)28(41)26(36-29(42)43)18-2-5-22(30)6-3-18/h2-7,13-17,26,36H,8-11H2,1H3,(H,42,43)/t26-/m1/s1. The van der Waals surface area contributed by atoms with Crippen LogP contribution < -0.4 is 10.2 Å². The van der Waals surface area contributed by atoms with Crippen molar-refractivity contribution in [3.63, 3.8) is 0 Å². The van der Waals surface area contributed by atoms with E-state index < -0.39 is 23.9 Å². The number of nitrogens with zero attached hydrogens (tertiary/aromatic N) is 9. The zero-order valence-corrected chi connectivity index (χ0v) is 22.9. The van der Waals surface area contributed by atoms with Crippen molar-refractivity contribution in [1.82, 2.24) is 39.6 Å². The average molecular weight is 581 g/mol. The van der Waals surface area contributed by atoms with Gasteiger partial charge in [-0.3, -0.25) is 9.48 Å². The lowest BCUT2D eigenvalue weighted by Crippen LogP contribution is -2.52. The highest BCUT2D eigenvalue weighted by Crippen LogP contribution is 2.29. The van der Waals surface area contributed by atoms with Crippen LogP contribution in [0.4, 0.5) is 15.0 Å². The summed E-state index contributed by atoms with van der Waals surface area (Å²) in [6.07, 6.45) is 7.16. The largest absolute Gasteiger partial charge is 0.465 e. The molecule has 13 nitrogen and oxygen atoms in total. The Balaban J connectivity index is 1.20. The van der Waals surface area contributed by atoms with Crippen LogP contribution in [0.5, 0.6) is 0 Å². The lowest BCUT2D eigenvalue weighted by atomic mass is 10.0. The smallest absolute Gasteiger partial charge is 0.405 e. The second kappa shape index (κ2) is 11.2. The maximum Gasteiger partial charge on any atom is 0.405 e. The Morgan fingerprint density at radius 1 is 1.00 bits per heavy atom. The first-order valence-corrected chi connectivity index (χ1v) is 13.3. The molecule has 4 aromatic heterocycles. The molecule has 0 saturated carbocycles. The van der Waals surface area contributed by atoms with Crippen LogP contribution in [0.2, 0.25) is 0 Å². The SMILES string of the molecule is Cn1cc(-c2cn3ncc(C#N)c3c(-c3ccc(N4CCN(C(=O)[C@H](NC(=O)O)c5ccc(F)cc5)CC4)nc3)n2)cn1. The number of carbonyl (C=O) groups excluding carboxylic acids is 1. The van der Waals surface area contributed by atoms with Crippen LogP contribution >= 0.6 is 0 Å². The van der Waals surface area contributed by atoms with Crippen molar-refractivity contribution in [2.24, 2.45) is 7.05 Å². The fourth-order valence-electron chi connectivity index (χ4n) is 5.11. The fourth-order valence-corrected chi connectivity index (χ4v) is 5.11. The maximum atomic E-state index is 13.4. The highest BCUT2D eigenvalue weighted by atomic mass is 19.1. The third kappa shape index (κ3) is 5.43. The first kappa shape index (κ1) is 27.3. The van der Waals surface area contributed by atoms with E-state index in [-0.39, 0.29) is 0 Å². The lowest BCUT2D eigenvalue weighted by Gasteiger charge is -2.37. The lowest BCUT2D eigenvalue weighted by molar-refractivity contribution is -0.133. The molecule has 5 heterocycles. The van der Waals surface area contributed by atoms with Crippen molar-refractivity contribution >= 4 is 23.3 Å². The van der Waals surface area contributed by atoms with Gasteiger partial charge in [0.1, 0.15) is 34.8 Å². The number of amides is 2. The van der Waals surface area contributed by atoms with Gasteiger partial charge in [-0.05, 0) is 29.8 Å². The van der Waals surface area contributed by atoms with Gasteiger partial charge >= 0.3 is 6.09 Å². The quantitative estimate of drug-likeness (QED) is 0.308. The van der Waals surface area contributed by atoms with Gasteiger partial charge in [-0.15, -0.1) is 0 Å². The van der Waals surface area contributed by atoms with Gasteiger partial charge in [0.05, 0.1) is 30.0 Å². The highest BCUT2D eigenvalue weighted by Gasteiger charge is 2.30. The third-order valence-electron chi connectivity index (χ3n) is 7.27. The van der Waals surface area contributed by atoms with Gasteiger partial charge in [0.25, 0.3) is 0 Å². The molecule has 0 spiro atoms. The molecule has 1 aliphatic heterocycles. The zero-order chi connectivity index (χ0) is 30.1. The van der Waals surface area contributed by atoms with Gasteiger partial charge in [0.15, 0.2) is 0 Å². The molecule has 14 heteroatoms. The van der Waals surface area contributed by atoms with E-state index in [0.29, 0.717) is 65.6 Å². The number of aromatic nitrogens is 6. The molecule has 1 saturated heterocycles. The van der Waals surface area contributed by atoms with Crippen molar-refractivity contribution in [1.29, 1.82) is 5.26 Å². The number of rotatable bonds is 6. The molecule has 216 valence electrons. The van der Waals surface area contributed by atoms with Gasteiger partial charge in [0, 0.05) is 56.7 Å². The molecular weight excluding hydrogens is 555 g/mol. The summed E-state index contributed by atoms with van der Waals surface area (Å²) in [6, 6.07) is 9.95. The van der Waals surface area contributed by atoms with Crippen molar-refractivity contribution in [3.8, 4) is 28.6 Å². The predicted octanol–water partition coefficient (Wildman–Crippen LogP) is 2.86. The van der Waals surface area contributed by atoms with E-state index in [4.69, 9.17) is 4.98 Å². The number of carbonyl (C=O) groups is 2. The number of anilines is 1. The van der Waals surface area contributed by atoms with E-state index in [9.17, 15) is 24.3 Å². The Bertz CT molecular complexity index is 1850. The van der Waals surface area contributed by atoms with E-state index in [1.54, 1.807) is 32.7 Å². The predicted molar refractivity (Wildman–Crippen MR) is 152 cm³/mol. The Morgan fingerprint density at radius 2 is 1.77 bits per heavy atom. The van der Waals surface area contributed by atoms with E-state index >= 15 is 0 Å². The topological polar surface area (TPSA) is 158 Å². The Hall–Kier alpha value is -5.84. The first-order chi connectivity index (χ1) is 20.8. The minimum atomic E-state index is -1.35. The highest BCUT2D eigenvalue weighted by molar-refractivity contribution is 5.87. The van der Waals surface area contributed by atoms with Gasteiger partial charge in [-0.2, -0.15) is 15.5 Å². The zero-order valence-electron chi connectivity index (χ0n) is 22.9. The Labute approximate surface area is 244 Å². The molecule has 2 amide bonds. The number of hydrogen-bond acceptors (Lipinski definition) is 8. The molecule has 1 aromatic carbocycles. The van der Waals surface area contributed by atoms with Gasteiger partial charge < -0.3 is 20.2 Å². The van der Waals surface area contributed by atoms with Crippen molar-refractivity contribution in [3.05, 3.63) is 84.3 Å². The summed E-state index contributed by atoms with van der Waals surface area (Å²) in [7, 11) is 1.82. The van der Waals surface area contributed by atoms with Crippen LogP contribution in [-0.4, -0.2) is 77.5 Å². The number of pyridine rings is 1. The number of fused-ring (bicyclic) bond motifs is 1. The monoisotopic (exact) mass is 580 g/mol. The summed E-state index contributed by atoms with van der Waals surface area (Å²) in [6.45, 7) is 1.64. The summed E-state index contributed by atoms with van der Waals surface area (Å²) >= 11 is 0. The molecule has 0 aliphatic carbocycles. The van der Waals surface area contributed by atoms with Crippen LogP contribution in [-0.2, 0) is 11.8 Å². The van der Waals surface area contributed by atoms with E-state index in [2.05, 4.69) is 26.6 Å². The fraction of sp³-hybridized carbons (Fsp3) is 0.207. The van der Waals surface area contributed by atoms with Gasteiger partial charge in [0.2, 0.25) is 5.91 Å². The molecule has 1 aliphatic rings. The number of nitrogens with one attached hydrogen (secondary N) is 1. The Kier molecular flexibility index (Phi) is 7.12. The minimum absolute atomic E-state index is 0.345. The molecule has 5 aromatic rings. The number of nitriles is 1. The molecule has 2 N–H and O–H groups in total. The molecule has 0 unspecified atom stereocenters. The van der Waals surface area contributed by atoms with Gasteiger partial charge in [-0.25, -0.2) is 23.7 Å². The van der Waals surface area contributed by atoms with E-state index in [1.165, 1.54) is 30.5 Å². The van der Waals surface area contributed by atoms with Crippen molar-refractivity contribution < 1.29 is 19.1 Å². The summed E-state index contributed by atoms with van der Waals surface area (Å²) in [5, 5.41) is 29.8. The average Bonchev–Trinajstić information content (AvgIpc) is 3.65. The number of halogens is 1. The molecular formula is C29H25FN10O3. The number of hydrogen-bond donors (Lipinski definition) is 2. The van der Waals surface area contributed by atoms with Crippen molar-refractivity contribution in [2.75, 3.05) is 31.1 Å². The summed E-state index contributed by atoms with van der Waals surface area (Å²) < 4.78 is 16.7. The van der Waals surface area contributed by atoms with Gasteiger partial charge in [-0.1, -0.05) is 12.1 Å². The summed E-state index contributed by atoms with van der Waals surface area (Å²) in [5.41, 5.74) is 4.03. The molecule has 0 radical (unpaired) electrons. The Morgan fingerprint density at radius 3 is 2.40 bits per heavy atom. The third-order valence-corrected chi connectivity index (χ3v) is 7.27. The molecule has 0 bridgehead atoms. The molecule has 6 rings (SSSR count). The van der Waals surface area contributed by atoms with Crippen LogP contribution in [0.15, 0.2) is 67.4 Å². The number of piperazine rings is 1. The van der Waals surface area contributed by atoms with Crippen LogP contribution in [0, 0.1) is 17.1 Å². The summed E-state index contributed by atoms with van der Waals surface area (Å²) in [5.74, 6) is -0.188. The minimum Gasteiger partial charge on any atom is -0.465 e. The second-order valence-corrected chi connectivity index (χ2v) is 9.99. The molecule has 1 fully saturated rings.